The molecule has 30 heavy (non-hydrogen) atoms. The summed E-state index contributed by atoms with van der Waals surface area (Å²) in [5, 5.41) is 7.37. The second kappa shape index (κ2) is 12.5. The van der Waals surface area contributed by atoms with Crippen LogP contribution in [0, 0.1) is 0 Å². The molecule has 9 heteroatoms. The Morgan fingerprint density at radius 1 is 1.17 bits per heavy atom. The lowest BCUT2D eigenvalue weighted by Crippen LogP contribution is -2.52. The van der Waals surface area contributed by atoms with Gasteiger partial charge in [-0.25, -0.2) is 9.79 Å². The Hall–Kier alpha value is -2.14. The van der Waals surface area contributed by atoms with Crippen molar-refractivity contribution >= 4 is 35.9 Å². The van der Waals surface area contributed by atoms with Gasteiger partial charge in [0.05, 0.1) is 24.4 Å². The normalized spacial score (nSPS) is 14.9. The van der Waals surface area contributed by atoms with E-state index in [0.717, 1.165) is 56.5 Å². The van der Waals surface area contributed by atoms with Crippen LogP contribution < -0.4 is 5.32 Å². The van der Waals surface area contributed by atoms with Gasteiger partial charge in [0.2, 0.25) is 0 Å². The molecule has 2 heterocycles. The third kappa shape index (κ3) is 6.98. The summed E-state index contributed by atoms with van der Waals surface area (Å²) in [7, 11) is 0. The number of ether oxygens (including phenoxy) is 1. The number of aliphatic imine (C=N–C) groups is 1. The van der Waals surface area contributed by atoms with Gasteiger partial charge in [0.15, 0.2) is 5.96 Å². The van der Waals surface area contributed by atoms with E-state index in [-0.39, 0.29) is 29.9 Å². The summed E-state index contributed by atoms with van der Waals surface area (Å²) in [6, 6.07) is 9.34. The average molecular weight is 527 g/mol. The average Bonchev–Trinajstić information content (AvgIpc) is 3.25. The van der Waals surface area contributed by atoms with Gasteiger partial charge in [-0.15, -0.1) is 24.0 Å². The van der Waals surface area contributed by atoms with Crippen molar-refractivity contribution in [2.45, 2.75) is 26.9 Å². The van der Waals surface area contributed by atoms with E-state index in [1.807, 2.05) is 18.2 Å². The third-order valence-corrected chi connectivity index (χ3v) is 4.76. The molecule has 1 saturated heterocycles. The lowest BCUT2D eigenvalue weighted by Gasteiger charge is -2.36. The van der Waals surface area contributed by atoms with Crippen molar-refractivity contribution in [2.75, 3.05) is 39.3 Å². The van der Waals surface area contributed by atoms with E-state index in [4.69, 9.17) is 14.3 Å². The van der Waals surface area contributed by atoms with E-state index in [1.54, 1.807) is 25.3 Å². The highest BCUT2D eigenvalue weighted by Crippen LogP contribution is 2.10. The summed E-state index contributed by atoms with van der Waals surface area (Å²) in [5.74, 6) is 0.627. The number of nitrogens with zero attached hydrogens (tertiary/aromatic N) is 4. The summed E-state index contributed by atoms with van der Waals surface area (Å²) in [6.45, 7) is 10.2. The number of guanidine groups is 1. The van der Waals surface area contributed by atoms with Crippen molar-refractivity contribution in [3.63, 3.8) is 0 Å². The van der Waals surface area contributed by atoms with Gasteiger partial charge < -0.3 is 19.5 Å². The number of halogens is 1. The number of aromatic nitrogens is 1. The van der Waals surface area contributed by atoms with Crippen LogP contribution in [-0.2, 0) is 17.8 Å². The molecule has 2 aromatic rings. The van der Waals surface area contributed by atoms with Gasteiger partial charge in [-0.05, 0) is 31.5 Å². The fraction of sp³-hybridized carbons (Fsp3) is 0.476. The van der Waals surface area contributed by atoms with Crippen LogP contribution in [-0.4, -0.2) is 66.2 Å². The summed E-state index contributed by atoms with van der Waals surface area (Å²) < 4.78 is 9.93. The minimum absolute atomic E-state index is 0. The van der Waals surface area contributed by atoms with Crippen molar-refractivity contribution in [1.82, 2.24) is 20.3 Å². The lowest BCUT2D eigenvalue weighted by atomic mass is 10.1. The first kappa shape index (κ1) is 24.1. The summed E-state index contributed by atoms with van der Waals surface area (Å²) in [6.07, 6.45) is 1.61. The molecular formula is C21H30IN5O3. The van der Waals surface area contributed by atoms with Crippen molar-refractivity contribution in [3.8, 4) is 0 Å². The van der Waals surface area contributed by atoms with Crippen LogP contribution in [0.3, 0.4) is 0 Å². The van der Waals surface area contributed by atoms with Crippen LogP contribution in [0.15, 0.2) is 46.1 Å². The number of carbonyl (C=O) groups is 1. The van der Waals surface area contributed by atoms with Gasteiger partial charge in [0.25, 0.3) is 0 Å². The molecule has 1 aromatic heterocycles. The van der Waals surface area contributed by atoms with E-state index in [1.165, 1.54) is 0 Å². The van der Waals surface area contributed by atoms with Gasteiger partial charge >= 0.3 is 5.97 Å². The second-order valence-electron chi connectivity index (χ2n) is 6.84. The minimum Gasteiger partial charge on any atom is -0.462 e. The quantitative estimate of drug-likeness (QED) is 0.257. The molecule has 1 fully saturated rings. The molecule has 1 aromatic carbocycles. The highest BCUT2D eigenvalue weighted by atomic mass is 127. The summed E-state index contributed by atoms with van der Waals surface area (Å²) in [5.41, 5.74) is 2.58. The molecule has 1 N–H and O–H groups in total. The third-order valence-electron chi connectivity index (χ3n) is 4.76. The van der Waals surface area contributed by atoms with Crippen LogP contribution in [0.5, 0.6) is 0 Å². The Bertz CT molecular complexity index is 787. The Morgan fingerprint density at radius 3 is 2.50 bits per heavy atom. The van der Waals surface area contributed by atoms with Gasteiger partial charge in [-0.2, -0.15) is 0 Å². The molecule has 8 nitrogen and oxygen atoms in total. The number of benzene rings is 1. The summed E-state index contributed by atoms with van der Waals surface area (Å²) >= 11 is 0. The highest BCUT2D eigenvalue weighted by molar-refractivity contribution is 14.0. The largest absolute Gasteiger partial charge is 0.462 e. The molecule has 0 atom stereocenters. The first-order valence-electron chi connectivity index (χ1n) is 10.1. The lowest BCUT2D eigenvalue weighted by molar-refractivity contribution is 0.0526. The minimum atomic E-state index is -0.292. The smallest absolute Gasteiger partial charge is 0.338 e. The number of nitrogens with one attached hydrogen (secondary N) is 1. The van der Waals surface area contributed by atoms with Crippen molar-refractivity contribution in [2.24, 2.45) is 4.99 Å². The molecule has 0 amide bonds. The number of hydrogen-bond donors (Lipinski definition) is 1. The molecular weight excluding hydrogens is 497 g/mol. The molecule has 0 spiro atoms. The number of esters is 1. The molecule has 0 aliphatic carbocycles. The van der Waals surface area contributed by atoms with Crippen molar-refractivity contribution < 1.29 is 14.1 Å². The van der Waals surface area contributed by atoms with E-state index in [0.29, 0.717) is 18.7 Å². The van der Waals surface area contributed by atoms with E-state index in [2.05, 4.69) is 27.2 Å². The maximum absolute atomic E-state index is 11.8. The molecule has 1 aliphatic rings. The molecule has 0 bridgehead atoms. The van der Waals surface area contributed by atoms with Crippen molar-refractivity contribution in [1.29, 1.82) is 0 Å². The molecule has 0 saturated carbocycles. The molecule has 0 radical (unpaired) electrons. The maximum Gasteiger partial charge on any atom is 0.338 e. The van der Waals surface area contributed by atoms with Crippen molar-refractivity contribution in [3.05, 3.63) is 53.4 Å². The van der Waals surface area contributed by atoms with Gasteiger partial charge in [0.1, 0.15) is 6.26 Å². The van der Waals surface area contributed by atoms with Crippen LogP contribution in [0.25, 0.3) is 0 Å². The van der Waals surface area contributed by atoms with E-state index in [9.17, 15) is 4.79 Å². The number of rotatable bonds is 7. The van der Waals surface area contributed by atoms with E-state index < -0.39 is 0 Å². The van der Waals surface area contributed by atoms with Gasteiger partial charge in [-0.3, -0.25) is 4.90 Å². The SMILES string of the molecule is CCNC(=NCc1ccc(C(=O)OCC)cc1)N1CCN(Cc2ccon2)CC1.I. The zero-order valence-corrected chi connectivity index (χ0v) is 19.9. The molecule has 164 valence electrons. The standard InChI is InChI=1S/C21H29N5O3.HI/c1-3-22-21(23-15-17-5-7-18(8-6-17)20(27)28-4-2)26-12-10-25(11-13-26)16-19-9-14-29-24-19;/h5-9,14H,3-4,10-13,15-16H2,1-2H3,(H,22,23);1H. The first-order chi connectivity index (χ1) is 14.2. The fourth-order valence-electron chi connectivity index (χ4n) is 3.22. The number of hydrogen-bond acceptors (Lipinski definition) is 6. The molecule has 3 rings (SSSR count). The predicted molar refractivity (Wildman–Crippen MR) is 126 cm³/mol. The number of piperazine rings is 1. The summed E-state index contributed by atoms with van der Waals surface area (Å²) in [4.78, 5) is 21.2. The van der Waals surface area contributed by atoms with Crippen LogP contribution in [0.2, 0.25) is 0 Å². The zero-order valence-electron chi connectivity index (χ0n) is 17.5. The highest BCUT2D eigenvalue weighted by Gasteiger charge is 2.20. The zero-order chi connectivity index (χ0) is 20.5. The Balaban J connectivity index is 0.00000320. The fourth-order valence-corrected chi connectivity index (χ4v) is 3.22. The molecule has 0 unspecified atom stereocenters. The Morgan fingerprint density at radius 2 is 1.90 bits per heavy atom. The van der Waals surface area contributed by atoms with Crippen LogP contribution >= 0.6 is 24.0 Å². The maximum atomic E-state index is 11.8. The topological polar surface area (TPSA) is 83.2 Å². The predicted octanol–water partition coefficient (Wildman–Crippen LogP) is 2.75. The van der Waals surface area contributed by atoms with Gasteiger partial charge in [0, 0.05) is 45.3 Å². The van der Waals surface area contributed by atoms with Gasteiger partial charge in [-0.1, -0.05) is 17.3 Å². The Kier molecular flexibility index (Phi) is 10.1. The van der Waals surface area contributed by atoms with Crippen LogP contribution in [0.1, 0.15) is 35.5 Å². The first-order valence-corrected chi connectivity index (χ1v) is 10.1. The van der Waals surface area contributed by atoms with Crippen LogP contribution in [0.4, 0.5) is 0 Å². The second-order valence-corrected chi connectivity index (χ2v) is 6.84. The van der Waals surface area contributed by atoms with E-state index >= 15 is 0 Å². The number of carbonyl (C=O) groups excluding carboxylic acids is 1. The monoisotopic (exact) mass is 527 g/mol. The Labute approximate surface area is 194 Å². The molecule has 1 aliphatic heterocycles.